The Kier molecular flexibility index (Phi) is 5.14. The van der Waals surface area contributed by atoms with E-state index in [0.717, 1.165) is 0 Å². The molecule has 2 aromatic carbocycles. The molecule has 5 nitrogen and oxygen atoms in total. The summed E-state index contributed by atoms with van der Waals surface area (Å²) >= 11 is 5.90. The van der Waals surface area contributed by atoms with Crippen LogP contribution in [0.1, 0.15) is 0 Å². The van der Waals surface area contributed by atoms with E-state index in [2.05, 4.69) is 0 Å². The van der Waals surface area contributed by atoms with Crippen LogP contribution >= 0.6 is 11.6 Å². The molecule has 10 heteroatoms. The Labute approximate surface area is 141 Å². The minimum atomic E-state index is -4.56. The van der Waals surface area contributed by atoms with Crippen molar-refractivity contribution in [2.45, 2.75) is 4.90 Å². The molecule has 130 valence electrons. The molecule has 0 amide bonds. The van der Waals surface area contributed by atoms with Gasteiger partial charge in [-0.1, -0.05) is 11.6 Å². The van der Waals surface area contributed by atoms with E-state index in [-0.39, 0.29) is 22.2 Å². The van der Waals surface area contributed by atoms with Crippen molar-refractivity contribution in [2.24, 2.45) is 0 Å². The smallest absolute Gasteiger partial charge is 0.265 e. The normalized spacial score (nSPS) is 11.2. The fourth-order valence-electron chi connectivity index (χ4n) is 1.86. The van der Waals surface area contributed by atoms with Gasteiger partial charge in [-0.15, -0.1) is 0 Å². The summed E-state index contributed by atoms with van der Waals surface area (Å²) in [6, 6.07) is 3.60. The standard InChI is InChI=1S/C14H11ClF3NO4S/c1-22-10-6-9(11(23-2)5-7(10)15)19-24(20,21)12-4-3-8(16)13(17)14(12)18/h3-6,19H,1-2H3. The number of ether oxygens (including phenoxy) is 2. The lowest BCUT2D eigenvalue weighted by Crippen LogP contribution is -2.16. The van der Waals surface area contributed by atoms with Crippen LogP contribution in [0.3, 0.4) is 0 Å². The molecule has 0 saturated carbocycles. The highest BCUT2D eigenvalue weighted by Crippen LogP contribution is 2.37. The first-order chi connectivity index (χ1) is 11.2. The van der Waals surface area contributed by atoms with Gasteiger partial charge in [-0.25, -0.2) is 21.6 Å². The Balaban J connectivity index is 2.52. The summed E-state index contributed by atoms with van der Waals surface area (Å²) < 4.78 is 76.5. The lowest BCUT2D eigenvalue weighted by molar-refractivity contribution is 0.405. The van der Waals surface area contributed by atoms with Crippen molar-refractivity contribution in [3.05, 3.63) is 46.7 Å². The maximum Gasteiger partial charge on any atom is 0.265 e. The molecular formula is C14H11ClF3NO4S. The van der Waals surface area contributed by atoms with Crippen LogP contribution in [0.4, 0.5) is 18.9 Å². The molecule has 0 spiro atoms. The fourth-order valence-corrected chi connectivity index (χ4v) is 3.22. The molecule has 0 aliphatic heterocycles. The molecule has 1 N–H and O–H groups in total. The molecule has 2 rings (SSSR count). The average Bonchev–Trinajstić information content (AvgIpc) is 2.53. The summed E-state index contributed by atoms with van der Waals surface area (Å²) in [5.41, 5.74) is -0.122. The average molecular weight is 382 g/mol. The van der Waals surface area contributed by atoms with Crippen LogP contribution in [0.5, 0.6) is 11.5 Å². The van der Waals surface area contributed by atoms with Gasteiger partial charge in [0.2, 0.25) is 0 Å². The molecule has 0 fully saturated rings. The second-order valence-corrected chi connectivity index (χ2v) is 6.52. The molecule has 0 saturated heterocycles. The summed E-state index contributed by atoms with van der Waals surface area (Å²) in [5, 5.41) is 0.149. The van der Waals surface area contributed by atoms with E-state index in [1.165, 1.54) is 26.4 Å². The number of hydrogen-bond donors (Lipinski definition) is 1. The van der Waals surface area contributed by atoms with Gasteiger partial charge >= 0.3 is 0 Å². The molecule has 0 radical (unpaired) electrons. The van der Waals surface area contributed by atoms with Gasteiger partial charge in [0.25, 0.3) is 10.0 Å². The first-order valence-electron chi connectivity index (χ1n) is 6.29. The van der Waals surface area contributed by atoms with Crippen LogP contribution in [0.2, 0.25) is 5.02 Å². The molecule has 0 bridgehead atoms. The zero-order valence-corrected chi connectivity index (χ0v) is 13.9. The molecule has 0 aromatic heterocycles. The maximum atomic E-state index is 13.7. The zero-order valence-electron chi connectivity index (χ0n) is 12.4. The predicted molar refractivity (Wildman–Crippen MR) is 81.7 cm³/mol. The molecule has 0 aliphatic rings. The lowest BCUT2D eigenvalue weighted by Gasteiger charge is -2.14. The van der Waals surface area contributed by atoms with E-state index in [0.29, 0.717) is 12.1 Å². The van der Waals surface area contributed by atoms with E-state index in [1.54, 1.807) is 0 Å². The van der Waals surface area contributed by atoms with Gasteiger partial charge in [-0.05, 0) is 12.1 Å². The molecule has 2 aromatic rings. The van der Waals surface area contributed by atoms with Crippen LogP contribution in [-0.4, -0.2) is 22.6 Å². The van der Waals surface area contributed by atoms with Gasteiger partial charge in [0.1, 0.15) is 16.4 Å². The van der Waals surface area contributed by atoms with Crippen LogP contribution in [0.25, 0.3) is 0 Å². The summed E-state index contributed by atoms with van der Waals surface area (Å²) in [5.74, 6) is -5.08. The number of sulfonamides is 1. The number of benzene rings is 2. The molecule has 0 unspecified atom stereocenters. The van der Waals surface area contributed by atoms with Gasteiger partial charge in [0, 0.05) is 12.1 Å². The summed E-state index contributed by atoms with van der Waals surface area (Å²) in [7, 11) is -2.00. The van der Waals surface area contributed by atoms with Gasteiger partial charge in [0.15, 0.2) is 17.5 Å². The number of nitrogens with one attached hydrogen (secondary N) is 1. The number of rotatable bonds is 5. The Hall–Kier alpha value is -2.13. The number of hydrogen-bond acceptors (Lipinski definition) is 4. The SMILES string of the molecule is COc1cc(NS(=O)(=O)c2ccc(F)c(F)c2F)c(OC)cc1Cl. The quantitative estimate of drug-likeness (QED) is 0.804. The van der Waals surface area contributed by atoms with Crippen LogP contribution in [0, 0.1) is 17.5 Å². The van der Waals surface area contributed by atoms with Crippen molar-refractivity contribution >= 4 is 27.3 Å². The van der Waals surface area contributed by atoms with Crippen LogP contribution < -0.4 is 14.2 Å². The first kappa shape index (κ1) is 18.2. The predicted octanol–water partition coefficient (Wildman–Crippen LogP) is 3.58. The van der Waals surface area contributed by atoms with Crippen molar-refractivity contribution in [1.82, 2.24) is 0 Å². The Bertz CT molecular complexity index is 890. The molecule has 0 atom stereocenters. The monoisotopic (exact) mass is 381 g/mol. The van der Waals surface area contributed by atoms with Gasteiger partial charge in [-0.2, -0.15) is 0 Å². The van der Waals surface area contributed by atoms with Crippen molar-refractivity contribution < 1.29 is 31.1 Å². The van der Waals surface area contributed by atoms with Crippen molar-refractivity contribution in [3.63, 3.8) is 0 Å². The van der Waals surface area contributed by atoms with Crippen molar-refractivity contribution in [2.75, 3.05) is 18.9 Å². The number of anilines is 1. The Morgan fingerprint density at radius 1 is 1.00 bits per heavy atom. The lowest BCUT2D eigenvalue weighted by atomic mass is 10.3. The largest absolute Gasteiger partial charge is 0.495 e. The highest BCUT2D eigenvalue weighted by atomic mass is 35.5. The molecule has 0 heterocycles. The van der Waals surface area contributed by atoms with Crippen LogP contribution in [-0.2, 0) is 10.0 Å². The second kappa shape index (κ2) is 6.78. The Morgan fingerprint density at radius 2 is 1.62 bits per heavy atom. The third-order valence-electron chi connectivity index (χ3n) is 3.01. The van der Waals surface area contributed by atoms with Crippen molar-refractivity contribution in [3.8, 4) is 11.5 Å². The highest BCUT2D eigenvalue weighted by molar-refractivity contribution is 7.92. The van der Waals surface area contributed by atoms with Gasteiger partial charge < -0.3 is 9.47 Å². The van der Waals surface area contributed by atoms with E-state index < -0.39 is 32.4 Å². The first-order valence-corrected chi connectivity index (χ1v) is 8.15. The third kappa shape index (κ3) is 3.36. The summed E-state index contributed by atoms with van der Waals surface area (Å²) in [6.07, 6.45) is 0. The van der Waals surface area contributed by atoms with E-state index in [9.17, 15) is 21.6 Å². The van der Waals surface area contributed by atoms with Crippen molar-refractivity contribution in [1.29, 1.82) is 0 Å². The molecule has 24 heavy (non-hydrogen) atoms. The fraction of sp³-hybridized carbons (Fsp3) is 0.143. The number of halogens is 4. The molecular weight excluding hydrogens is 371 g/mol. The topological polar surface area (TPSA) is 64.6 Å². The summed E-state index contributed by atoms with van der Waals surface area (Å²) in [6.45, 7) is 0. The van der Waals surface area contributed by atoms with Gasteiger partial charge in [-0.3, -0.25) is 4.72 Å². The second-order valence-electron chi connectivity index (χ2n) is 4.47. The minimum absolute atomic E-state index is 0.0207. The number of methoxy groups -OCH3 is 2. The minimum Gasteiger partial charge on any atom is -0.495 e. The maximum absolute atomic E-state index is 13.7. The third-order valence-corrected chi connectivity index (χ3v) is 4.69. The zero-order chi connectivity index (χ0) is 18.1. The van der Waals surface area contributed by atoms with E-state index in [1.807, 2.05) is 4.72 Å². The highest BCUT2D eigenvalue weighted by Gasteiger charge is 2.25. The van der Waals surface area contributed by atoms with E-state index in [4.69, 9.17) is 21.1 Å². The molecule has 0 aliphatic carbocycles. The van der Waals surface area contributed by atoms with E-state index >= 15 is 0 Å². The van der Waals surface area contributed by atoms with Crippen LogP contribution in [0.15, 0.2) is 29.2 Å². The van der Waals surface area contributed by atoms with Gasteiger partial charge in [0.05, 0.1) is 24.9 Å². The Morgan fingerprint density at radius 3 is 2.21 bits per heavy atom. The summed E-state index contributed by atoms with van der Waals surface area (Å²) in [4.78, 5) is -1.06.